The van der Waals surface area contributed by atoms with E-state index in [1.54, 1.807) is 0 Å². The quantitative estimate of drug-likeness (QED) is 0.868. The summed E-state index contributed by atoms with van der Waals surface area (Å²) >= 11 is 0. The number of nitrogens with zero attached hydrogens (tertiary/aromatic N) is 3. The number of fused-ring (bicyclic) bond motifs is 1. The van der Waals surface area contributed by atoms with Gasteiger partial charge in [0, 0.05) is 24.2 Å². The smallest absolute Gasteiger partial charge is 0.133 e. The van der Waals surface area contributed by atoms with Crippen LogP contribution in [0.4, 0.5) is 0 Å². The number of aliphatic hydroxyl groups excluding tert-OH is 1. The van der Waals surface area contributed by atoms with E-state index < -0.39 is 0 Å². The van der Waals surface area contributed by atoms with Crippen LogP contribution in [0.1, 0.15) is 31.2 Å². The van der Waals surface area contributed by atoms with Crippen molar-refractivity contribution in [2.75, 3.05) is 13.2 Å². The largest absolute Gasteiger partial charge is 0.395 e. The van der Waals surface area contributed by atoms with Gasteiger partial charge in [0.25, 0.3) is 0 Å². The molecule has 0 radical (unpaired) electrons. The van der Waals surface area contributed by atoms with Crippen LogP contribution in [0.15, 0.2) is 47.6 Å². The van der Waals surface area contributed by atoms with Crippen molar-refractivity contribution in [2.24, 2.45) is 5.92 Å². The van der Waals surface area contributed by atoms with Crippen LogP contribution >= 0.6 is 0 Å². The van der Waals surface area contributed by atoms with Crippen LogP contribution < -0.4 is 0 Å². The first-order valence-electron chi connectivity index (χ1n) is 8.49. The zero-order valence-electron chi connectivity index (χ0n) is 13.7. The molecule has 1 aromatic carbocycles. The normalized spacial score (nSPS) is 22.9. The highest BCUT2D eigenvalue weighted by Gasteiger charge is 2.38. The minimum Gasteiger partial charge on any atom is -0.395 e. The fourth-order valence-corrected chi connectivity index (χ4v) is 4.03. The molecule has 1 heterocycles. The van der Waals surface area contributed by atoms with Gasteiger partial charge in [-0.3, -0.25) is 0 Å². The maximum atomic E-state index is 9.56. The minimum atomic E-state index is 0.0931. The van der Waals surface area contributed by atoms with Crippen LogP contribution in [0.5, 0.6) is 0 Å². The lowest BCUT2D eigenvalue weighted by atomic mass is 9.74. The highest BCUT2D eigenvalue weighted by Crippen LogP contribution is 2.43. The summed E-state index contributed by atoms with van der Waals surface area (Å²) in [4.78, 5) is 2.27. The van der Waals surface area contributed by atoms with Gasteiger partial charge in [-0.1, -0.05) is 43.2 Å². The minimum absolute atomic E-state index is 0.0931. The summed E-state index contributed by atoms with van der Waals surface area (Å²) in [5.74, 6) is 0.201. The van der Waals surface area contributed by atoms with Gasteiger partial charge in [-0.05, 0) is 30.1 Å². The number of nitriles is 2. The molecule has 2 atom stereocenters. The third-order valence-corrected chi connectivity index (χ3v) is 5.05. The number of aliphatic hydroxyl groups is 1. The average Bonchev–Trinajstić information content (AvgIpc) is 2.65. The Balaban J connectivity index is 2.17. The fraction of sp³-hybridized carbons (Fsp3) is 0.400. The second-order valence-electron chi connectivity index (χ2n) is 6.32. The van der Waals surface area contributed by atoms with Gasteiger partial charge in [-0.2, -0.15) is 10.5 Å². The molecule has 3 rings (SSSR count). The number of rotatable bonds is 3. The summed E-state index contributed by atoms with van der Waals surface area (Å²) in [6, 6.07) is 14.4. The van der Waals surface area contributed by atoms with E-state index >= 15 is 0 Å². The Morgan fingerprint density at radius 3 is 2.50 bits per heavy atom. The average molecular weight is 319 g/mol. The predicted octanol–water partition coefficient (Wildman–Crippen LogP) is 3.24. The molecule has 24 heavy (non-hydrogen) atoms. The first-order valence-corrected chi connectivity index (χ1v) is 8.49. The Kier molecular flexibility index (Phi) is 4.99. The number of allylic oxidation sites excluding steroid dienone is 2. The lowest BCUT2D eigenvalue weighted by Gasteiger charge is -2.46. The van der Waals surface area contributed by atoms with Crippen molar-refractivity contribution in [2.45, 2.75) is 31.7 Å². The van der Waals surface area contributed by atoms with E-state index in [4.69, 9.17) is 0 Å². The molecule has 1 aliphatic heterocycles. The van der Waals surface area contributed by atoms with Gasteiger partial charge in [0.15, 0.2) is 0 Å². The van der Waals surface area contributed by atoms with Crippen molar-refractivity contribution in [1.82, 2.24) is 4.90 Å². The number of benzene rings is 1. The predicted molar refractivity (Wildman–Crippen MR) is 92.2 cm³/mol. The first kappa shape index (κ1) is 16.3. The Morgan fingerprint density at radius 2 is 1.83 bits per heavy atom. The molecule has 2 aliphatic rings. The van der Waals surface area contributed by atoms with Gasteiger partial charge >= 0.3 is 0 Å². The summed E-state index contributed by atoms with van der Waals surface area (Å²) in [7, 11) is 0. The molecule has 1 fully saturated rings. The zero-order valence-corrected chi connectivity index (χ0v) is 13.7. The molecule has 0 saturated heterocycles. The highest BCUT2D eigenvalue weighted by molar-refractivity contribution is 5.70. The second-order valence-corrected chi connectivity index (χ2v) is 6.32. The van der Waals surface area contributed by atoms with Gasteiger partial charge in [0.05, 0.1) is 6.61 Å². The van der Waals surface area contributed by atoms with Crippen molar-refractivity contribution in [3.8, 4) is 12.1 Å². The molecular weight excluding hydrogens is 298 g/mol. The zero-order chi connectivity index (χ0) is 16.9. The van der Waals surface area contributed by atoms with Gasteiger partial charge in [0.2, 0.25) is 0 Å². The molecule has 1 aliphatic carbocycles. The molecule has 0 spiro atoms. The van der Waals surface area contributed by atoms with Crippen LogP contribution in [0.2, 0.25) is 0 Å². The van der Waals surface area contributed by atoms with Gasteiger partial charge in [0.1, 0.15) is 17.7 Å². The third-order valence-electron chi connectivity index (χ3n) is 5.05. The molecule has 1 aromatic rings. The number of hydrogen-bond acceptors (Lipinski definition) is 4. The van der Waals surface area contributed by atoms with Crippen LogP contribution in [0, 0.1) is 28.6 Å². The Hall–Kier alpha value is -2.56. The molecular formula is C20H21N3O. The lowest BCUT2D eigenvalue weighted by Crippen LogP contribution is -2.46. The van der Waals surface area contributed by atoms with Crippen molar-refractivity contribution in [3.63, 3.8) is 0 Å². The van der Waals surface area contributed by atoms with Gasteiger partial charge in [-0.25, -0.2) is 0 Å². The van der Waals surface area contributed by atoms with E-state index in [0.29, 0.717) is 6.54 Å². The van der Waals surface area contributed by atoms with Gasteiger partial charge < -0.3 is 10.0 Å². The summed E-state index contributed by atoms with van der Waals surface area (Å²) in [6.07, 6.45) is 6.29. The van der Waals surface area contributed by atoms with E-state index in [9.17, 15) is 15.6 Å². The van der Waals surface area contributed by atoms with E-state index in [1.807, 2.05) is 36.4 Å². The molecule has 1 saturated carbocycles. The van der Waals surface area contributed by atoms with Crippen LogP contribution in [-0.4, -0.2) is 29.2 Å². The fourth-order valence-electron chi connectivity index (χ4n) is 4.03. The van der Waals surface area contributed by atoms with Crippen LogP contribution in [0.25, 0.3) is 5.70 Å². The number of β-amino-alcohol motifs (C(OH)–C–C–N with tert-alkyl or cyclic N) is 1. The topological polar surface area (TPSA) is 71.0 Å². The molecule has 122 valence electrons. The van der Waals surface area contributed by atoms with Crippen molar-refractivity contribution in [3.05, 3.63) is 53.1 Å². The summed E-state index contributed by atoms with van der Waals surface area (Å²) in [5.41, 5.74) is 3.16. The molecule has 0 bridgehead atoms. The van der Waals surface area contributed by atoms with Crippen molar-refractivity contribution in [1.29, 1.82) is 10.5 Å². The SMILES string of the molecule is N#CC(C#N)=C1C=C(c2ccccc2)N(CCO)C2CCCCC12. The molecule has 4 nitrogen and oxygen atoms in total. The highest BCUT2D eigenvalue weighted by atomic mass is 16.3. The monoisotopic (exact) mass is 319 g/mol. The Labute approximate surface area is 142 Å². The third kappa shape index (κ3) is 2.94. The molecule has 4 heteroatoms. The van der Waals surface area contributed by atoms with E-state index in [1.165, 1.54) is 0 Å². The maximum absolute atomic E-state index is 9.56. The molecule has 0 aromatic heterocycles. The second kappa shape index (κ2) is 7.34. The van der Waals surface area contributed by atoms with Crippen LogP contribution in [-0.2, 0) is 0 Å². The van der Waals surface area contributed by atoms with Gasteiger partial charge in [-0.15, -0.1) is 0 Å². The summed E-state index contributed by atoms with van der Waals surface area (Å²) < 4.78 is 0. The van der Waals surface area contributed by atoms with E-state index in [0.717, 1.165) is 42.5 Å². The van der Waals surface area contributed by atoms with Crippen molar-refractivity contribution < 1.29 is 5.11 Å². The van der Waals surface area contributed by atoms with E-state index in [2.05, 4.69) is 17.0 Å². The van der Waals surface area contributed by atoms with Crippen LogP contribution in [0.3, 0.4) is 0 Å². The maximum Gasteiger partial charge on any atom is 0.133 e. The lowest BCUT2D eigenvalue weighted by molar-refractivity contribution is 0.145. The standard InChI is InChI=1S/C20H21N3O/c21-13-16(14-22)18-12-20(15-6-2-1-3-7-15)23(10-11-24)19-9-5-4-8-17(18)19/h1-3,6-7,12,17,19,24H,4-5,8-11H2. The molecule has 1 N–H and O–H groups in total. The first-order chi connectivity index (χ1) is 11.8. The van der Waals surface area contributed by atoms with E-state index in [-0.39, 0.29) is 24.1 Å². The Bertz CT molecular complexity index is 720. The number of hydrogen-bond donors (Lipinski definition) is 1. The Morgan fingerprint density at radius 1 is 1.12 bits per heavy atom. The molecule has 2 unspecified atom stereocenters. The summed E-state index contributed by atoms with van der Waals surface area (Å²) in [6.45, 7) is 0.666. The summed E-state index contributed by atoms with van der Waals surface area (Å²) in [5, 5.41) is 28.3. The van der Waals surface area contributed by atoms with Crippen molar-refractivity contribution >= 4 is 5.70 Å². The molecule has 0 amide bonds.